The molecule has 1 heterocycles. The summed E-state index contributed by atoms with van der Waals surface area (Å²) >= 11 is 5.82. The number of piperazine rings is 1. The average molecular weight is 314 g/mol. The van der Waals surface area contributed by atoms with Crippen LogP contribution in [-0.4, -0.2) is 61.4 Å². The first-order chi connectivity index (χ1) is 9.91. The second-order valence-corrected chi connectivity index (χ2v) is 5.51. The average Bonchev–Trinajstić information content (AvgIpc) is 2.48. The lowest BCUT2D eigenvalue weighted by Gasteiger charge is -2.36. The first-order valence-corrected chi connectivity index (χ1v) is 6.97. The van der Waals surface area contributed by atoms with Gasteiger partial charge in [-0.05, 0) is 18.2 Å². The van der Waals surface area contributed by atoms with Crippen molar-refractivity contribution >= 4 is 23.4 Å². The van der Waals surface area contributed by atoms with E-state index in [2.05, 4.69) is 5.32 Å². The Hall–Kier alpha value is -1.66. The molecular formula is C14H17ClFN3O2. The maximum absolute atomic E-state index is 13.8. The van der Waals surface area contributed by atoms with Crippen LogP contribution in [0.15, 0.2) is 18.2 Å². The number of halogens is 2. The molecule has 2 amide bonds. The quantitative estimate of drug-likeness (QED) is 0.885. The monoisotopic (exact) mass is 313 g/mol. The highest BCUT2D eigenvalue weighted by Crippen LogP contribution is 2.19. The zero-order chi connectivity index (χ0) is 15.6. The Morgan fingerprint density at radius 2 is 2.14 bits per heavy atom. The van der Waals surface area contributed by atoms with Crippen molar-refractivity contribution in [3.63, 3.8) is 0 Å². The second-order valence-electron chi connectivity index (χ2n) is 5.08. The van der Waals surface area contributed by atoms with Gasteiger partial charge >= 0.3 is 0 Å². The fourth-order valence-electron chi connectivity index (χ4n) is 2.28. The third-order valence-corrected chi connectivity index (χ3v) is 3.62. The van der Waals surface area contributed by atoms with Crippen LogP contribution >= 0.6 is 11.6 Å². The number of hydrogen-bond acceptors (Lipinski definition) is 3. The van der Waals surface area contributed by atoms with Crippen LogP contribution in [0.2, 0.25) is 5.02 Å². The first-order valence-electron chi connectivity index (χ1n) is 6.59. The zero-order valence-electron chi connectivity index (χ0n) is 11.9. The Bertz CT molecular complexity index is 565. The summed E-state index contributed by atoms with van der Waals surface area (Å²) in [5.74, 6) is -1.35. The van der Waals surface area contributed by atoms with Gasteiger partial charge in [-0.15, -0.1) is 0 Å². The van der Waals surface area contributed by atoms with Gasteiger partial charge in [0, 0.05) is 38.8 Å². The molecule has 21 heavy (non-hydrogen) atoms. The minimum atomic E-state index is -0.640. The van der Waals surface area contributed by atoms with E-state index in [4.69, 9.17) is 11.6 Å². The second kappa shape index (κ2) is 6.41. The van der Waals surface area contributed by atoms with E-state index >= 15 is 0 Å². The van der Waals surface area contributed by atoms with Crippen LogP contribution in [-0.2, 0) is 4.79 Å². The summed E-state index contributed by atoms with van der Waals surface area (Å²) in [5.41, 5.74) is -0.110. The third-order valence-electron chi connectivity index (χ3n) is 3.39. The number of likely N-dealkylation sites (N-methyl/N-ethyl adjacent to an activating group) is 1. The zero-order valence-corrected chi connectivity index (χ0v) is 12.7. The number of rotatable bonds is 2. The van der Waals surface area contributed by atoms with Crippen molar-refractivity contribution in [2.24, 2.45) is 0 Å². The molecular weight excluding hydrogens is 297 g/mol. The summed E-state index contributed by atoms with van der Waals surface area (Å²) in [5, 5.41) is 3.35. The van der Waals surface area contributed by atoms with Crippen LogP contribution in [0.1, 0.15) is 10.4 Å². The molecule has 0 aromatic heterocycles. The predicted octanol–water partition coefficient (Wildman–Crippen LogP) is 0.981. The lowest BCUT2D eigenvalue weighted by atomic mass is 10.1. The number of benzene rings is 1. The molecule has 0 bridgehead atoms. The van der Waals surface area contributed by atoms with Crippen LogP contribution in [0, 0.1) is 5.82 Å². The molecule has 1 aromatic rings. The summed E-state index contributed by atoms with van der Waals surface area (Å²) in [6, 6.07) is 3.19. The van der Waals surface area contributed by atoms with Crippen molar-refractivity contribution in [2.75, 3.05) is 33.7 Å². The largest absolute Gasteiger partial charge is 0.347 e. The van der Waals surface area contributed by atoms with Gasteiger partial charge in [0.2, 0.25) is 5.91 Å². The maximum atomic E-state index is 13.8. The lowest BCUT2D eigenvalue weighted by Crippen LogP contribution is -2.59. The molecule has 1 aliphatic rings. The maximum Gasteiger partial charge on any atom is 0.257 e. The molecule has 0 radical (unpaired) electrons. The summed E-state index contributed by atoms with van der Waals surface area (Å²) in [6.07, 6.45) is 0. The smallest absolute Gasteiger partial charge is 0.257 e. The first kappa shape index (κ1) is 15.7. The summed E-state index contributed by atoms with van der Waals surface area (Å²) in [7, 11) is 3.25. The van der Waals surface area contributed by atoms with E-state index in [0.717, 1.165) is 6.07 Å². The standard InChI is InChI=1S/C14H17ClFN3O2/c1-18(2)14(21)12-8-17-5-6-19(12)13(20)10-7-9(15)3-4-11(10)16/h3-4,7,12,17H,5-6,8H2,1-2H3. The minimum absolute atomic E-state index is 0.110. The van der Waals surface area contributed by atoms with Crippen molar-refractivity contribution in [1.29, 1.82) is 0 Å². The fraction of sp³-hybridized carbons (Fsp3) is 0.429. The molecule has 1 saturated heterocycles. The lowest BCUT2D eigenvalue weighted by molar-refractivity contribution is -0.134. The highest BCUT2D eigenvalue weighted by atomic mass is 35.5. The van der Waals surface area contributed by atoms with Gasteiger partial charge in [-0.2, -0.15) is 0 Å². The normalized spacial score (nSPS) is 18.5. The molecule has 0 saturated carbocycles. The van der Waals surface area contributed by atoms with Gasteiger partial charge in [-0.3, -0.25) is 9.59 Å². The molecule has 2 rings (SSSR count). The predicted molar refractivity (Wildman–Crippen MR) is 77.8 cm³/mol. The Morgan fingerprint density at radius 3 is 2.81 bits per heavy atom. The fourth-order valence-corrected chi connectivity index (χ4v) is 2.45. The van der Waals surface area contributed by atoms with Crippen LogP contribution in [0.4, 0.5) is 4.39 Å². The molecule has 1 unspecified atom stereocenters. The van der Waals surface area contributed by atoms with Gasteiger partial charge < -0.3 is 15.1 Å². The number of carbonyl (C=O) groups is 2. The van der Waals surface area contributed by atoms with Crippen LogP contribution < -0.4 is 5.32 Å². The van der Waals surface area contributed by atoms with Crippen molar-refractivity contribution < 1.29 is 14.0 Å². The molecule has 1 aliphatic heterocycles. The highest BCUT2D eigenvalue weighted by Gasteiger charge is 2.34. The van der Waals surface area contributed by atoms with Crippen LogP contribution in [0.25, 0.3) is 0 Å². The molecule has 5 nitrogen and oxygen atoms in total. The summed E-state index contributed by atoms with van der Waals surface area (Å²) in [6.45, 7) is 1.26. The van der Waals surface area contributed by atoms with E-state index in [9.17, 15) is 14.0 Å². The van der Waals surface area contributed by atoms with Crippen molar-refractivity contribution in [3.05, 3.63) is 34.6 Å². The van der Waals surface area contributed by atoms with Gasteiger partial charge in [-0.25, -0.2) is 4.39 Å². The topological polar surface area (TPSA) is 52.7 Å². The molecule has 0 spiro atoms. The van der Waals surface area contributed by atoms with E-state index in [0.29, 0.717) is 19.6 Å². The Kier molecular flexibility index (Phi) is 4.80. The van der Waals surface area contributed by atoms with Gasteiger partial charge in [-0.1, -0.05) is 11.6 Å². The van der Waals surface area contributed by atoms with Crippen LogP contribution in [0.3, 0.4) is 0 Å². The molecule has 1 atom stereocenters. The van der Waals surface area contributed by atoms with E-state index in [-0.39, 0.29) is 16.5 Å². The molecule has 1 N–H and O–H groups in total. The summed E-state index contributed by atoms with van der Waals surface area (Å²) < 4.78 is 13.8. The third kappa shape index (κ3) is 3.33. The minimum Gasteiger partial charge on any atom is -0.347 e. The van der Waals surface area contributed by atoms with Crippen molar-refractivity contribution in [2.45, 2.75) is 6.04 Å². The van der Waals surface area contributed by atoms with E-state index in [1.807, 2.05) is 0 Å². The molecule has 1 aromatic carbocycles. The molecule has 1 fully saturated rings. The Morgan fingerprint density at radius 1 is 1.43 bits per heavy atom. The van der Waals surface area contributed by atoms with Crippen molar-refractivity contribution in [3.8, 4) is 0 Å². The number of hydrogen-bond donors (Lipinski definition) is 1. The SMILES string of the molecule is CN(C)C(=O)C1CNCCN1C(=O)c1cc(Cl)ccc1F. The number of nitrogens with zero attached hydrogens (tertiary/aromatic N) is 2. The Labute approximate surface area is 127 Å². The highest BCUT2D eigenvalue weighted by molar-refractivity contribution is 6.31. The Balaban J connectivity index is 2.30. The van der Waals surface area contributed by atoms with Gasteiger partial charge in [0.1, 0.15) is 11.9 Å². The number of nitrogens with one attached hydrogen (secondary N) is 1. The summed E-state index contributed by atoms with van der Waals surface area (Å²) in [4.78, 5) is 27.5. The number of amides is 2. The van der Waals surface area contributed by atoms with Crippen molar-refractivity contribution in [1.82, 2.24) is 15.1 Å². The van der Waals surface area contributed by atoms with E-state index < -0.39 is 17.8 Å². The number of carbonyl (C=O) groups excluding carboxylic acids is 2. The van der Waals surface area contributed by atoms with Gasteiger partial charge in [0.05, 0.1) is 5.56 Å². The van der Waals surface area contributed by atoms with E-state index in [1.165, 1.54) is 21.9 Å². The van der Waals surface area contributed by atoms with Gasteiger partial charge in [0.25, 0.3) is 5.91 Å². The molecule has 7 heteroatoms. The molecule has 0 aliphatic carbocycles. The van der Waals surface area contributed by atoms with E-state index in [1.54, 1.807) is 14.1 Å². The molecule has 114 valence electrons. The van der Waals surface area contributed by atoms with Gasteiger partial charge in [0.15, 0.2) is 0 Å². The van der Waals surface area contributed by atoms with Crippen LogP contribution in [0.5, 0.6) is 0 Å².